The van der Waals surface area contributed by atoms with Crippen LogP contribution in [0.1, 0.15) is 83.6 Å². The first-order valence-electron chi connectivity index (χ1n) is 11.8. The van der Waals surface area contributed by atoms with Gasteiger partial charge in [0.05, 0.1) is 12.7 Å². The van der Waals surface area contributed by atoms with Gasteiger partial charge in [0.1, 0.15) is 0 Å². The minimum absolute atomic E-state index is 0.424. The number of fused-ring (bicyclic) bond motifs is 5. The van der Waals surface area contributed by atoms with Crippen molar-refractivity contribution in [1.82, 2.24) is 0 Å². The summed E-state index contributed by atoms with van der Waals surface area (Å²) in [6, 6.07) is 10.8. The zero-order chi connectivity index (χ0) is 18.5. The zero-order valence-electron chi connectivity index (χ0n) is 17.5. The van der Waals surface area contributed by atoms with Crippen molar-refractivity contribution in [3.8, 4) is 0 Å². The number of rotatable bonds is 3. The summed E-state index contributed by atoms with van der Waals surface area (Å²) >= 11 is 0. The quantitative estimate of drug-likeness (QED) is 0.559. The van der Waals surface area contributed by atoms with Crippen molar-refractivity contribution >= 4 is 0 Å². The van der Waals surface area contributed by atoms with E-state index in [0.717, 1.165) is 30.3 Å². The van der Waals surface area contributed by atoms with Gasteiger partial charge in [-0.05, 0) is 91.4 Å². The summed E-state index contributed by atoms with van der Waals surface area (Å²) in [7, 11) is 0. The lowest BCUT2D eigenvalue weighted by molar-refractivity contribution is -0.132. The molecule has 0 spiro atoms. The van der Waals surface area contributed by atoms with E-state index in [0.29, 0.717) is 16.9 Å². The molecule has 0 aromatic heterocycles. The second-order valence-electron chi connectivity index (χ2n) is 10.8. The molecular formula is C26H38O. The third-order valence-electron chi connectivity index (χ3n) is 9.79. The van der Waals surface area contributed by atoms with Crippen molar-refractivity contribution < 1.29 is 4.74 Å². The molecule has 1 nitrogen and oxygen atoms in total. The molecular weight excluding hydrogens is 328 g/mol. The molecule has 148 valence electrons. The average molecular weight is 367 g/mol. The molecule has 4 saturated carbocycles. The van der Waals surface area contributed by atoms with Gasteiger partial charge >= 0.3 is 0 Å². The van der Waals surface area contributed by atoms with E-state index in [4.69, 9.17) is 4.74 Å². The minimum Gasteiger partial charge on any atom is -0.373 e. The first-order valence-corrected chi connectivity index (χ1v) is 11.8. The van der Waals surface area contributed by atoms with Gasteiger partial charge in [-0.3, -0.25) is 0 Å². The van der Waals surface area contributed by atoms with E-state index in [9.17, 15) is 0 Å². The van der Waals surface area contributed by atoms with Crippen molar-refractivity contribution in [3.63, 3.8) is 0 Å². The van der Waals surface area contributed by atoms with E-state index >= 15 is 0 Å². The third kappa shape index (κ3) is 2.91. The SMILES string of the molecule is C[C@]12CCCC[C@@H]1CC[C@H]1[C@H]2CC[C@]2(C)[C@@H](OCc3ccccc3)CC[C@H]12. The summed E-state index contributed by atoms with van der Waals surface area (Å²) in [5.74, 6) is 3.93. The lowest BCUT2D eigenvalue weighted by Crippen LogP contribution is -2.53. The van der Waals surface area contributed by atoms with Crippen molar-refractivity contribution in [2.45, 2.75) is 90.8 Å². The van der Waals surface area contributed by atoms with Crippen LogP contribution in [-0.4, -0.2) is 6.10 Å². The van der Waals surface area contributed by atoms with Gasteiger partial charge in [0.2, 0.25) is 0 Å². The Morgan fingerprint density at radius 2 is 1.63 bits per heavy atom. The summed E-state index contributed by atoms with van der Waals surface area (Å²) in [6.07, 6.45) is 15.1. The number of hydrogen-bond acceptors (Lipinski definition) is 1. The molecule has 0 amide bonds. The summed E-state index contributed by atoms with van der Waals surface area (Å²) in [4.78, 5) is 0. The summed E-state index contributed by atoms with van der Waals surface area (Å²) in [6.45, 7) is 6.07. The normalized spacial score (nSPS) is 46.4. The van der Waals surface area contributed by atoms with Gasteiger partial charge < -0.3 is 4.74 Å². The molecule has 0 bridgehead atoms. The fraction of sp³-hybridized carbons (Fsp3) is 0.769. The molecule has 1 aromatic carbocycles. The fourth-order valence-corrected chi connectivity index (χ4v) is 8.29. The van der Waals surface area contributed by atoms with Crippen LogP contribution in [0.25, 0.3) is 0 Å². The van der Waals surface area contributed by atoms with Crippen molar-refractivity contribution in [2.24, 2.45) is 34.5 Å². The predicted molar refractivity (Wildman–Crippen MR) is 111 cm³/mol. The Hall–Kier alpha value is -0.820. The Kier molecular flexibility index (Phi) is 4.66. The minimum atomic E-state index is 0.424. The zero-order valence-corrected chi connectivity index (χ0v) is 17.5. The van der Waals surface area contributed by atoms with Crippen LogP contribution < -0.4 is 0 Å². The van der Waals surface area contributed by atoms with Gasteiger partial charge in [0, 0.05) is 0 Å². The van der Waals surface area contributed by atoms with Gasteiger partial charge in [-0.1, -0.05) is 57.0 Å². The molecule has 7 atom stereocenters. The largest absolute Gasteiger partial charge is 0.373 e. The van der Waals surface area contributed by atoms with Crippen LogP contribution in [0.2, 0.25) is 0 Å². The molecule has 0 N–H and O–H groups in total. The first-order chi connectivity index (χ1) is 13.1. The van der Waals surface area contributed by atoms with Crippen LogP contribution >= 0.6 is 0 Å². The van der Waals surface area contributed by atoms with E-state index in [1.165, 1.54) is 69.8 Å². The lowest BCUT2D eigenvalue weighted by atomic mass is 9.45. The predicted octanol–water partition coefficient (Wildman–Crippen LogP) is 7.00. The van der Waals surface area contributed by atoms with Crippen LogP contribution in [-0.2, 0) is 11.3 Å². The second kappa shape index (κ2) is 6.90. The number of ether oxygens (including phenoxy) is 1. The van der Waals surface area contributed by atoms with Gasteiger partial charge in [0.25, 0.3) is 0 Å². The standard InChI is InChI=1S/C26H38O/c1-25-16-7-6-10-20(25)11-12-21-22-13-14-24(26(22,2)17-15-23(21)25)27-18-19-8-4-3-5-9-19/h3-5,8-9,20-24H,6-7,10-18H2,1-2H3/t20-,21-,22-,23-,24+,25+,26+/m1/s1. The molecule has 0 aliphatic heterocycles. The van der Waals surface area contributed by atoms with Crippen molar-refractivity contribution in [3.05, 3.63) is 35.9 Å². The van der Waals surface area contributed by atoms with Crippen molar-refractivity contribution in [2.75, 3.05) is 0 Å². The highest BCUT2D eigenvalue weighted by Crippen LogP contribution is 2.66. The molecule has 0 unspecified atom stereocenters. The van der Waals surface area contributed by atoms with Gasteiger partial charge in [0.15, 0.2) is 0 Å². The van der Waals surface area contributed by atoms with Gasteiger partial charge in [-0.15, -0.1) is 0 Å². The molecule has 4 aliphatic rings. The number of benzene rings is 1. The van der Waals surface area contributed by atoms with Crippen LogP contribution in [0.3, 0.4) is 0 Å². The lowest BCUT2D eigenvalue weighted by Gasteiger charge is -2.60. The smallest absolute Gasteiger partial charge is 0.0720 e. The summed E-state index contributed by atoms with van der Waals surface area (Å²) in [5, 5.41) is 0. The molecule has 1 heteroatoms. The topological polar surface area (TPSA) is 9.23 Å². The summed E-state index contributed by atoms with van der Waals surface area (Å²) < 4.78 is 6.57. The second-order valence-corrected chi connectivity index (χ2v) is 10.8. The fourth-order valence-electron chi connectivity index (χ4n) is 8.29. The van der Waals surface area contributed by atoms with Gasteiger partial charge in [-0.2, -0.15) is 0 Å². The highest BCUT2D eigenvalue weighted by atomic mass is 16.5. The Balaban J connectivity index is 1.32. The molecule has 0 heterocycles. The Morgan fingerprint density at radius 3 is 2.48 bits per heavy atom. The molecule has 4 aliphatic carbocycles. The summed E-state index contributed by atoms with van der Waals surface area (Å²) in [5.41, 5.74) is 2.41. The van der Waals surface area contributed by atoms with Crippen LogP contribution in [0.4, 0.5) is 0 Å². The number of hydrogen-bond donors (Lipinski definition) is 0. The highest BCUT2D eigenvalue weighted by Gasteiger charge is 2.59. The van der Waals surface area contributed by atoms with E-state index in [2.05, 4.69) is 44.2 Å². The molecule has 4 fully saturated rings. The maximum Gasteiger partial charge on any atom is 0.0720 e. The molecule has 1 aromatic rings. The van der Waals surface area contributed by atoms with E-state index in [-0.39, 0.29) is 0 Å². The Morgan fingerprint density at radius 1 is 0.815 bits per heavy atom. The van der Waals surface area contributed by atoms with E-state index in [1.807, 2.05) is 0 Å². The first kappa shape index (κ1) is 18.2. The molecule has 27 heavy (non-hydrogen) atoms. The maximum absolute atomic E-state index is 6.57. The maximum atomic E-state index is 6.57. The van der Waals surface area contributed by atoms with Gasteiger partial charge in [-0.25, -0.2) is 0 Å². The molecule has 0 saturated heterocycles. The molecule has 5 rings (SSSR count). The van der Waals surface area contributed by atoms with Crippen LogP contribution in [0.5, 0.6) is 0 Å². The Bertz CT molecular complexity index is 653. The average Bonchev–Trinajstić information content (AvgIpc) is 3.03. The van der Waals surface area contributed by atoms with Crippen LogP contribution in [0, 0.1) is 34.5 Å². The van der Waals surface area contributed by atoms with Crippen LogP contribution in [0.15, 0.2) is 30.3 Å². The van der Waals surface area contributed by atoms with E-state index < -0.39 is 0 Å². The molecule has 0 radical (unpaired) electrons. The van der Waals surface area contributed by atoms with Crippen molar-refractivity contribution in [1.29, 1.82) is 0 Å². The van der Waals surface area contributed by atoms with E-state index in [1.54, 1.807) is 0 Å². The third-order valence-corrected chi connectivity index (χ3v) is 9.79. The monoisotopic (exact) mass is 366 g/mol. The highest BCUT2D eigenvalue weighted by molar-refractivity contribution is 5.14. The Labute approximate surface area is 166 Å².